The summed E-state index contributed by atoms with van der Waals surface area (Å²) in [6, 6.07) is 9.99. The summed E-state index contributed by atoms with van der Waals surface area (Å²) >= 11 is 0. The predicted octanol–water partition coefficient (Wildman–Crippen LogP) is 2.72. The summed E-state index contributed by atoms with van der Waals surface area (Å²) in [5, 5.41) is 0. The van der Waals surface area contributed by atoms with E-state index in [4.69, 9.17) is 19.9 Å². The third kappa shape index (κ3) is 2.27. The molecule has 0 fully saturated rings. The van der Waals surface area contributed by atoms with Gasteiger partial charge in [0, 0.05) is 0 Å². The maximum Gasteiger partial charge on any atom is 0.231 e. The number of anilines is 1. The van der Waals surface area contributed by atoms with E-state index in [9.17, 15) is 4.39 Å². The number of fused-ring (bicyclic) bond motifs is 1. The fourth-order valence-electron chi connectivity index (χ4n) is 1.83. The Morgan fingerprint density at radius 1 is 1.16 bits per heavy atom. The lowest BCUT2D eigenvalue weighted by molar-refractivity contribution is 0.174. The van der Waals surface area contributed by atoms with Crippen LogP contribution in [0.2, 0.25) is 0 Å². The molecule has 0 saturated carbocycles. The van der Waals surface area contributed by atoms with Crippen molar-refractivity contribution in [2.24, 2.45) is 0 Å². The van der Waals surface area contributed by atoms with Crippen molar-refractivity contribution < 1.29 is 18.6 Å². The van der Waals surface area contributed by atoms with Crippen molar-refractivity contribution >= 4 is 5.69 Å². The Hall–Kier alpha value is -2.43. The lowest BCUT2D eigenvalue weighted by atomic mass is 10.2. The van der Waals surface area contributed by atoms with Crippen LogP contribution < -0.4 is 19.9 Å². The number of rotatable bonds is 3. The molecule has 0 saturated heterocycles. The monoisotopic (exact) mass is 261 g/mol. The van der Waals surface area contributed by atoms with Gasteiger partial charge in [-0.15, -0.1) is 0 Å². The van der Waals surface area contributed by atoms with E-state index in [1.165, 1.54) is 6.07 Å². The summed E-state index contributed by atoms with van der Waals surface area (Å²) < 4.78 is 29.2. The minimum absolute atomic E-state index is 0.0169. The highest BCUT2D eigenvalue weighted by atomic mass is 19.1. The molecule has 0 aromatic heterocycles. The highest BCUT2D eigenvalue weighted by Gasteiger charge is 2.13. The van der Waals surface area contributed by atoms with Crippen molar-refractivity contribution in [3.05, 3.63) is 47.8 Å². The average Bonchev–Trinajstić information content (AvgIpc) is 2.88. The summed E-state index contributed by atoms with van der Waals surface area (Å²) in [4.78, 5) is 0. The second-order valence-electron chi connectivity index (χ2n) is 4.13. The third-order valence-electron chi connectivity index (χ3n) is 2.84. The summed E-state index contributed by atoms with van der Waals surface area (Å²) in [5.74, 6) is 1.25. The summed E-state index contributed by atoms with van der Waals surface area (Å²) in [6.45, 7) is 0.515. The van der Waals surface area contributed by atoms with E-state index in [0.717, 1.165) is 5.56 Å². The Bertz CT molecular complexity index is 616. The van der Waals surface area contributed by atoms with Gasteiger partial charge in [0.15, 0.2) is 11.5 Å². The van der Waals surface area contributed by atoms with Gasteiger partial charge >= 0.3 is 0 Å². The van der Waals surface area contributed by atoms with Crippen LogP contribution in [-0.2, 0) is 6.61 Å². The highest BCUT2D eigenvalue weighted by molar-refractivity contribution is 5.53. The number of halogens is 1. The molecule has 1 aliphatic rings. The normalized spacial score (nSPS) is 12.5. The van der Waals surface area contributed by atoms with Crippen LogP contribution in [0.25, 0.3) is 0 Å². The Morgan fingerprint density at radius 3 is 2.89 bits per heavy atom. The Labute approximate surface area is 109 Å². The molecule has 3 rings (SSSR count). The molecule has 0 unspecified atom stereocenters. The molecule has 2 aromatic rings. The zero-order chi connectivity index (χ0) is 13.2. The van der Waals surface area contributed by atoms with E-state index in [1.807, 2.05) is 18.2 Å². The molecule has 1 heterocycles. The predicted molar refractivity (Wildman–Crippen MR) is 67.7 cm³/mol. The second-order valence-corrected chi connectivity index (χ2v) is 4.13. The Morgan fingerprint density at radius 2 is 2.00 bits per heavy atom. The molecular weight excluding hydrogens is 249 g/mol. The van der Waals surface area contributed by atoms with E-state index in [1.54, 1.807) is 12.1 Å². The molecular formula is C14H12FNO3. The van der Waals surface area contributed by atoms with Crippen LogP contribution in [0.5, 0.6) is 17.2 Å². The lowest BCUT2D eigenvalue weighted by Crippen LogP contribution is -2.00. The fraction of sp³-hybridized carbons (Fsp3) is 0.143. The van der Waals surface area contributed by atoms with Crippen molar-refractivity contribution in [3.63, 3.8) is 0 Å². The Kier molecular flexibility index (Phi) is 2.87. The minimum atomic E-state index is -0.483. The molecule has 0 spiro atoms. The molecule has 0 amide bonds. The van der Waals surface area contributed by atoms with Crippen molar-refractivity contribution in [1.82, 2.24) is 0 Å². The van der Waals surface area contributed by atoms with Crippen LogP contribution in [0.1, 0.15) is 5.56 Å². The maximum absolute atomic E-state index is 13.2. The van der Waals surface area contributed by atoms with Crippen molar-refractivity contribution in [3.8, 4) is 17.2 Å². The third-order valence-corrected chi connectivity index (χ3v) is 2.84. The van der Waals surface area contributed by atoms with Gasteiger partial charge < -0.3 is 19.9 Å². The van der Waals surface area contributed by atoms with Gasteiger partial charge in [-0.05, 0) is 29.8 Å². The molecule has 0 bridgehead atoms. The largest absolute Gasteiger partial charge is 0.487 e. The summed E-state index contributed by atoms with van der Waals surface area (Å²) in [5.41, 5.74) is 6.51. The van der Waals surface area contributed by atoms with Gasteiger partial charge in [-0.1, -0.05) is 12.1 Å². The van der Waals surface area contributed by atoms with Gasteiger partial charge in [0.25, 0.3) is 0 Å². The second kappa shape index (κ2) is 4.68. The lowest BCUT2D eigenvalue weighted by Gasteiger charge is -2.09. The first-order chi connectivity index (χ1) is 9.24. The first-order valence-electron chi connectivity index (χ1n) is 5.79. The first kappa shape index (κ1) is 11.6. The zero-order valence-electron chi connectivity index (χ0n) is 10.1. The topological polar surface area (TPSA) is 53.7 Å². The van der Waals surface area contributed by atoms with Gasteiger partial charge in [0.2, 0.25) is 6.79 Å². The van der Waals surface area contributed by atoms with Crippen LogP contribution in [0.4, 0.5) is 10.1 Å². The van der Waals surface area contributed by atoms with Crippen molar-refractivity contribution in [2.75, 3.05) is 12.5 Å². The SMILES string of the molecule is Nc1c(F)cccc1OCc1ccc2c(c1)OCO2. The van der Waals surface area contributed by atoms with Crippen molar-refractivity contribution in [2.45, 2.75) is 6.61 Å². The molecule has 2 aromatic carbocycles. The molecule has 19 heavy (non-hydrogen) atoms. The molecule has 4 nitrogen and oxygen atoms in total. The van der Waals surface area contributed by atoms with Gasteiger partial charge in [-0.3, -0.25) is 0 Å². The van der Waals surface area contributed by atoms with Crippen LogP contribution in [0.15, 0.2) is 36.4 Å². The van der Waals surface area contributed by atoms with Gasteiger partial charge in [-0.25, -0.2) is 4.39 Å². The molecule has 0 aliphatic carbocycles. The van der Waals surface area contributed by atoms with Gasteiger partial charge in [-0.2, -0.15) is 0 Å². The quantitative estimate of drug-likeness (QED) is 0.863. The number of hydrogen-bond donors (Lipinski definition) is 1. The molecule has 98 valence electrons. The average molecular weight is 261 g/mol. The highest BCUT2D eigenvalue weighted by Crippen LogP contribution is 2.33. The molecule has 2 N–H and O–H groups in total. The maximum atomic E-state index is 13.2. The van der Waals surface area contributed by atoms with Gasteiger partial charge in [0.1, 0.15) is 23.9 Å². The summed E-state index contributed by atoms with van der Waals surface area (Å²) in [7, 11) is 0. The molecule has 0 radical (unpaired) electrons. The van der Waals surface area contributed by atoms with E-state index >= 15 is 0 Å². The summed E-state index contributed by atoms with van der Waals surface area (Å²) in [6.07, 6.45) is 0. The minimum Gasteiger partial charge on any atom is -0.487 e. The number of benzene rings is 2. The van der Waals surface area contributed by atoms with Gasteiger partial charge in [0.05, 0.1) is 0 Å². The van der Waals surface area contributed by atoms with E-state index in [2.05, 4.69) is 0 Å². The number of hydrogen-bond acceptors (Lipinski definition) is 4. The smallest absolute Gasteiger partial charge is 0.231 e. The fourth-order valence-corrected chi connectivity index (χ4v) is 1.83. The van der Waals surface area contributed by atoms with Crippen LogP contribution in [0, 0.1) is 5.82 Å². The number of ether oxygens (including phenoxy) is 3. The molecule has 1 aliphatic heterocycles. The Balaban J connectivity index is 1.74. The van der Waals surface area contributed by atoms with E-state index in [0.29, 0.717) is 17.2 Å². The number of para-hydroxylation sites is 1. The van der Waals surface area contributed by atoms with Crippen molar-refractivity contribution in [1.29, 1.82) is 0 Å². The first-order valence-corrected chi connectivity index (χ1v) is 5.79. The zero-order valence-corrected chi connectivity index (χ0v) is 10.1. The van der Waals surface area contributed by atoms with Crippen LogP contribution in [0.3, 0.4) is 0 Å². The van der Waals surface area contributed by atoms with Crippen LogP contribution >= 0.6 is 0 Å². The molecule has 0 atom stereocenters. The van der Waals surface area contributed by atoms with E-state index < -0.39 is 5.82 Å². The number of nitrogen functional groups attached to an aromatic ring is 1. The standard InChI is InChI=1S/C14H12FNO3/c15-10-2-1-3-12(14(10)16)17-7-9-4-5-11-13(6-9)19-8-18-11/h1-6H,7-8,16H2. The number of nitrogens with two attached hydrogens (primary N) is 1. The molecule has 5 heteroatoms. The van der Waals surface area contributed by atoms with E-state index in [-0.39, 0.29) is 19.1 Å². The van der Waals surface area contributed by atoms with Crippen LogP contribution in [-0.4, -0.2) is 6.79 Å².